The highest BCUT2D eigenvalue weighted by molar-refractivity contribution is 9.10. The standard InChI is InChI=1S/C19H11BrN2O3/c20-13-8-14(21-9-10-4-3-7-24-10)15-16-17(13)22-25-19(16)12-6-2-1-5-11(12)18(15)23/h1-8,21H,9H2. The summed E-state index contributed by atoms with van der Waals surface area (Å²) in [4.78, 5) is 13.1. The van der Waals surface area contributed by atoms with Crippen LogP contribution in [0.1, 0.15) is 21.7 Å². The first kappa shape index (κ1) is 14.5. The molecule has 4 aromatic rings. The average molecular weight is 395 g/mol. The number of aromatic nitrogens is 1. The van der Waals surface area contributed by atoms with Gasteiger partial charge in [0.1, 0.15) is 11.3 Å². The van der Waals surface area contributed by atoms with Gasteiger partial charge < -0.3 is 14.3 Å². The summed E-state index contributed by atoms with van der Waals surface area (Å²) in [6.07, 6.45) is 1.62. The lowest BCUT2D eigenvalue weighted by Gasteiger charge is -2.18. The lowest BCUT2D eigenvalue weighted by Crippen LogP contribution is -2.12. The molecule has 0 amide bonds. The van der Waals surface area contributed by atoms with Crippen LogP contribution in [0.4, 0.5) is 5.69 Å². The largest absolute Gasteiger partial charge is 0.467 e. The minimum absolute atomic E-state index is 0.0363. The molecule has 0 unspecified atom stereocenters. The maximum Gasteiger partial charge on any atom is 0.196 e. The number of fused-ring (bicyclic) bond motifs is 2. The van der Waals surface area contributed by atoms with Crippen molar-refractivity contribution < 1.29 is 13.7 Å². The summed E-state index contributed by atoms with van der Waals surface area (Å²) in [6.45, 7) is 0.480. The van der Waals surface area contributed by atoms with E-state index in [4.69, 9.17) is 8.94 Å². The predicted molar refractivity (Wildman–Crippen MR) is 96.6 cm³/mol. The second-order valence-electron chi connectivity index (χ2n) is 5.82. The van der Waals surface area contributed by atoms with E-state index in [0.717, 1.165) is 26.9 Å². The Labute approximate surface area is 150 Å². The van der Waals surface area contributed by atoms with Crippen LogP contribution in [0.3, 0.4) is 0 Å². The summed E-state index contributed by atoms with van der Waals surface area (Å²) >= 11 is 3.53. The molecule has 0 atom stereocenters. The van der Waals surface area contributed by atoms with Gasteiger partial charge in [-0.3, -0.25) is 4.79 Å². The van der Waals surface area contributed by atoms with Crippen molar-refractivity contribution in [2.24, 2.45) is 0 Å². The molecule has 122 valence electrons. The van der Waals surface area contributed by atoms with Gasteiger partial charge in [0.05, 0.1) is 23.8 Å². The van der Waals surface area contributed by atoms with E-state index in [-0.39, 0.29) is 5.78 Å². The monoisotopic (exact) mass is 394 g/mol. The van der Waals surface area contributed by atoms with E-state index in [2.05, 4.69) is 26.4 Å². The fourth-order valence-electron chi connectivity index (χ4n) is 3.26. The van der Waals surface area contributed by atoms with E-state index in [1.807, 2.05) is 42.5 Å². The zero-order chi connectivity index (χ0) is 17.0. The zero-order valence-electron chi connectivity index (χ0n) is 12.9. The molecular weight excluding hydrogens is 384 g/mol. The van der Waals surface area contributed by atoms with Crippen molar-refractivity contribution in [3.05, 3.63) is 70.1 Å². The summed E-state index contributed by atoms with van der Waals surface area (Å²) in [6, 6.07) is 13.0. The highest BCUT2D eigenvalue weighted by atomic mass is 79.9. The molecule has 25 heavy (non-hydrogen) atoms. The molecule has 0 fully saturated rings. The lowest BCUT2D eigenvalue weighted by atomic mass is 9.87. The molecule has 1 aliphatic rings. The van der Waals surface area contributed by atoms with E-state index >= 15 is 0 Å². The van der Waals surface area contributed by atoms with Crippen LogP contribution in [0, 0.1) is 0 Å². The van der Waals surface area contributed by atoms with Crippen molar-refractivity contribution in [3.8, 4) is 11.3 Å². The van der Waals surface area contributed by atoms with Gasteiger partial charge in [0.15, 0.2) is 11.5 Å². The Morgan fingerprint density at radius 2 is 1.96 bits per heavy atom. The van der Waals surface area contributed by atoms with Crippen molar-refractivity contribution in [3.63, 3.8) is 0 Å². The average Bonchev–Trinajstić information content (AvgIpc) is 3.29. The number of nitrogens with one attached hydrogen (secondary N) is 1. The lowest BCUT2D eigenvalue weighted by molar-refractivity contribution is 0.104. The molecule has 0 saturated carbocycles. The van der Waals surface area contributed by atoms with Gasteiger partial charge in [-0.2, -0.15) is 0 Å². The van der Waals surface area contributed by atoms with Crippen LogP contribution in [0.5, 0.6) is 0 Å². The first-order valence-corrected chi connectivity index (χ1v) is 8.55. The van der Waals surface area contributed by atoms with Crippen molar-refractivity contribution in [1.29, 1.82) is 0 Å². The topological polar surface area (TPSA) is 68.3 Å². The van der Waals surface area contributed by atoms with E-state index in [0.29, 0.717) is 28.9 Å². The van der Waals surface area contributed by atoms with Crippen LogP contribution >= 0.6 is 15.9 Å². The highest BCUT2D eigenvalue weighted by Crippen LogP contribution is 2.44. The molecule has 5 rings (SSSR count). The number of carbonyl (C=O) groups excluding carboxylic acids is 1. The first-order valence-electron chi connectivity index (χ1n) is 7.76. The van der Waals surface area contributed by atoms with Gasteiger partial charge in [-0.25, -0.2) is 0 Å². The first-order chi connectivity index (χ1) is 12.2. The van der Waals surface area contributed by atoms with Gasteiger partial charge in [0.25, 0.3) is 0 Å². The second-order valence-corrected chi connectivity index (χ2v) is 6.68. The van der Waals surface area contributed by atoms with Gasteiger partial charge in [0, 0.05) is 21.3 Å². The van der Waals surface area contributed by atoms with Gasteiger partial charge in [-0.15, -0.1) is 0 Å². The summed E-state index contributed by atoms with van der Waals surface area (Å²) in [5.74, 6) is 1.38. The molecule has 0 radical (unpaired) electrons. The van der Waals surface area contributed by atoms with E-state index in [1.165, 1.54) is 0 Å². The number of anilines is 1. The van der Waals surface area contributed by atoms with E-state index < -0.39 is 0 Å². The number of hydrogen-bond acceptors (Lipinski definition) is 5. The van der Waals surface area contributed by atoms with Gasteiger partial charge in [-0.1, -0.05) is 29.4 Å². The van der Waals surface area contributed by atoms with Crippen LogP contribution < -0.4 is 5.32 Å². The van der Waals surface area contributed by atoms with Crippen molar-refractivity contribution in [2.45, 2.75) is 6.54 Å². The number of ketones is 1. The summed E-state index contributed by atoms with van der Waals surface area (Å²) < 4.78 is 11.7. The molecule has 0 spiro atoms. The number of benzene rings is 2. The van der Waals surface area contributed by atoms with Gasteiger partial charge in [0.2, 0.25) is 0 Å². The number of carbonyl (C=O) groups is 1. The molecule has 2 aromatic carbocycles. The smallest absolute Gasteiger partial charge is 0.196 e. The molecule has 2 aromatic heterocycles. The maximum absolute atomic E-state index is 13.1. The van der Waals surface area contributed by atoms with E-state index in [9.17, 15) is 4.79 Å². The Hall–Kier alpha value is -2.86. The van der Waals surface area contributed by atoms with Gasteiger partial charge >= 0.3 is 0 Å². The minimum atomic E-state index is -0.0363. The Morgan fingerprint density at radius 3 is 2.76 bits per heavy atom. The minimum Gasteiger partial charge on any atom is -0.467 e. The fraction of sp³-hybridized carbons (Fsp3) is 0.0526. The third-order valence-electron chi connectivity index (χ3n) is 4.39. The molecular formula is C19H11BrN2O3. The summed E-state index contributed by atoms with van der Waals surface area (Å²) in [7, 11) is 0. The Balaban J connectivity index is 1.74. The third-order valence-corrected chi connectivity index (χ3v) is 4.99. The molecule has 1 N–H and O–H groups in total. The highest BCUT2D eigenvalue weighted by Gasteiger charge is 2.32. The second kappa shape index (κ2) is 5.32. The maximum atomic E-state index is 13.1. The van der Waals surface area contributed by atoms with E-state index in [1.54, 1.807) is 6.26 Å². The zero-order valence-corrected chi connectivity index (χ0v) is 14.5. The molecule has 6 heteroatoms. The number of furan rings is 1. The third kappa shape index (κ3) is 2.07. The van der Waals surface area contributed by atoms with Crippen LogP contribution in [-0.2, 0) is 6.54 Å². The molecule has 2 heterocycles. The van der Waals surface area contributed by atoms with Gasteiger partial charge in [-0.05, 0) is 34.1 Å². The summed E-state index contributed by atoms with van der Waals surface area (Å²) in [5, 5.41) is 8.19. The predicted octanol–water partition coefficient (Wildman–Crippen LogP) is 5.01. The fourth-order valence-corrected chi connectivity index (χ4v) is 3.75. The normalized spacial score (nSPS) is 12.4. The van der Waals surface area contributed by atoms with Crippen LogP contribution in [0.2, 0.25) is 0 Å². The number of rotatable bonds is 3. The molecule has 0 saturated heterocycles. The van der Waals surface area contributed by atoms with Crippen LogP contribution in [-0.4, -0.2) is 10.9 Å². The Kier molecular flexibility index (Phi) is 3.08. The number of hydrogen-bond donors (Lipinski definition) is 1. The Bertz CT molecular complexity index is 1130. The van der Waals surface area contributed by atoms with Crippen molar-refractivity contribution in [2.75, 3.05) is 5.32 Å². The molecule has 5 nitrogen and oxygen atoms in total. The van der Waals surface area contributed by atoms with Crippen LogP contribution in [0.15, 0.2) is 62.1 Å². The quantitative estimate of drug-likeness (QED) is 0.465. The van der Waals surface area contributed by atoms with Crippen molar-refractivity contribution >= 4 is 38.3 Å². The number of halogens is 1. The SMILES string of the molecule is O=C1c2ccccc2-c2onc3c(Br)cc(NCc4ccco4)c1c23. The molecule has 0 aliphatic heterocycles. The number of nitrogens with zero attached hydrogens (tertiary/aromatic N) is 1. The summed E-state index contributed by atoms with van der Waals surface area (Å²) in [5.41, 5.74) is 3.35. The molecule has 1 aliphatic carbocycles. The van der Waals surface area contributed by atoms with Crippen molar-refractivity contribution in [1.82, 2.24) is 5.16 Å². The van der Waals surface area contributed by atoms with Crippen LogP contribution in [0.25, 0.3) is 22.2 Å². The molecule has 0 bridgehead atoms. The Morgan fingerprint density at radius 1 is 1.12 bits per heavy atom.